The van der Waals surface area contributed by atoms with Crippen LogP contribution in [0.25, 0.3) is 0 Å². The Hall–Kier alpha value is -4.72. The molecule has 1 fully saturated rings. The Morgan fingerprint density at radius 1 is 0.421 bits per heavy atom. The minimum absolute atomic E-state index is 0.791. The predicted octanol–water partition coefficient (Wildman–Crippen LogP) is 7.86. The van der Waals surface area contributed by atoms with Gasteiger partial charge in [0, 0.05) is 37.6 Å². The smallest absolute Gasteiger partial charge is 0.119 e. The standard InChI is InChI=1S/C30H30N6O2/c1-37-29-15-7-25(8-16-29)33-31-23-3-11-27(12-4-23)35-19-21-36(22-20-35)28-13-5-24(6-14-28)32-34-26-9-17-30(38-2)18-10-26/h3-18H,19-22H2,1-2H3/b33-31+,34-32+. The van der Waals surface area contributed by atoms with Crippen molar-refractivity contribution in [2.45, 2.75) is 0 Å². The number of nitrogens with zero attached hydrogens (tertiary/aromatic N) is 6. The molecule has 1 saturated heterocycles. The van der Waals surface area contributed by atoms with E-state index in [1.807, 2.05) is 72.8 Å². The second kappa shape index (κ2) is 12.0. The summed E-state index contributed by atoms with van der Waals surface area (Å²) in [5.41, 5.74) is 5.63. The zero-order chi connectivity index (χ0) is 26.2. The van der Waals surface area contributed by atoms with Gasteiger partial charge in [0.05, 0.1) is 37.0 Å². The Kier molecular flexibility index (Phi) is 7.89. The van der Waals surface area contributed by atoms with Crippen molar-refractivity contribution in [3.8, 4) is 11.5 Å². The van der Waals surface area contributed by atoms with Gasteiger partial charge >= 0.3 is 0 Å². The third-order valence-corrected chi connectivity index (χ3v) is 6.42. The molecule has 0 aliphatic carbocycles. The molecule has 0 aromatic heterocycles. The lowest BCUT2D eigenvalue weighted by atomic mass is 10.2. The topological polar surface area (TPSA) is 74.4 Å². The number of methoxy groups -OCH3 is 2. The summed E-state index contributed by atoms with van der Waals surface area (Å²) in [6.07, 6.45) is 0. The molecule has 0 N–H and O–H groups in total. The molecule has 192 valence electrons. The third-order valence-electron chi connectivity index (χ3n) is 6.42. The minimum Gasteiger partial charge on any atom is -0.497 e. The van der Waals surface area contributed by atoms with E-state index in [0.29, 0.717) is 0 Å². The number of azo groups is 2. The molecule has 8 nitrogen and oxygen atoms in total. The summed E-state index contributed by atoms with van der Waals surface area (Å²) >= 11 is 0. The van der Waals surface area contributed by atoms with Crippen LogP contribution in [0.5, 0.6) is 11.5 Å². The van der Waals surface area contributed by atoms with Crippen LogP contribution < -0.4 is 19.3 Å². The molecule has 4 aromatic carbocycles. The summed E-state index contributed by atoms with van der Waals surface area (Å²) in [6, 6.07) is 31.5. The van der Waals surface area contributed by atoms with Crippen LogP contribution >= 0.6 is 0 Å². The van der Waals surface area contributed by atoms with E-state index in [0.717, 1.165) is 60.4 Å². The highest BCUT2D eigenvalue weighted by atomic mass is 16.5. The Morgan fingerprint density at radius 3 is 0.947 bits per heavy atom. The fraction of sp³-hybridized carbons (Fsp3) is 0.200. The molecular formula is C30H30N6O2. The summed E-state index contributed by atoms with van der Waals surface area (Å²) in [5.74, 6) is 1.61. The van der Waals surface area contributed by atoms with Crippen molar-refractivity contribution in [1.82, 2.24) is 0 Å². The van der Waals surface area contributed by atoms with Crippen LogP contribution in [-0.2, 0) is 0 Å². The summed E-state index contributed by atoms with van der Waals surface area (Å²) in [5, 5.41) is 17.3. The van der Waals surface area contributed by atoms with E-state index in [1.54, 1.807) is 14.2 Å². The number of ether oxygens (including phenoxy) is 2. The van der Waals surface area contributed by atoms with E-state index in [9.17, 15) is 0 Å². The number of anilines is 2. The van der Waals surface area contributed by atoms with Crippen LogP contribution in [0.1, 0.15) is 0 Å². The van der Waals surface area contributed by atoms with Crippen LogP contribution in [0.3, 0.4) is 0 Å². The predicted molar refractivity (Wildman–Crippen MR) is 152 cm³/mol. The summed E-state index contributed by atoms with van der Waals surface area (Å²) in [4.78, 5) is 4.80. The molecule has 1 heterocycles. The fourth-order valence-corrected chi connectivity index (χ4v) is 4.21. The maximum absolute atomic E-state index is 5.18. The Balaban J connectivity index is 1.12. The average molecular weight is 507 g/mol. The molecule has 0 amide bonds. The van der Waals surface area contributed by atoms with Gasteiger partial charge in [-0.2, -0.15) is 20.5 Å². The van der Waals surface area contributed by atoms with Gasteiger partial charge in [0.2, 0.25) is 0 Å². The molecule has 5 rings (SSSR count). The van der Waals surface area contributed by atoms with Gasteiger partial charge in [0.25, 0.3) is 0 Å². The first kappa shape index (κ1) is 25.0. The van der Waals surface area contributed by atoms with E-state index in [-0.39, 0.29) is 0 Å². The highest BCUT2D eigenvalue weighted by molar-refractivity contribution is 5.57. The van der Waals surface area contributed by atoms with Gasteiger partial charge in [0.1, 0.15) is 11.5 Å². The highest BCUT2D eigenvalue weighted by Crippen LogP contribution is 2.27. The number of hydrogen-bond donors (Lipinski definition) is 0. The molecule has 0 spiro atoms. The monoisotopic (exact) mass is 506 g/mol. The SMILES string of the molecule is COc1ccc(/N=N/c2ccc(N3CCN(c4ccc(/N=N/c5ccc(OC)cc5)cc4)CC3)cc2)cc1. The van der Waals surface area contributed by atoms with Crippen molar-refractivity contribution in [3.05, 3.63) is 97.1 Å². The second-order valence-corrected chi connectivity index (χ2v) is 8.80. The van der Waals surface area contributed by atoms with Crippen LogP contribution in [0, 0.1) is 0 Å². The minimum atomic E-state index is 0.791. The van der Waals surface area contributed by atoms with Crippen molar-refractivity contribution >= 4 is 34.1 Å². The first-order valence-electron chi connectivity index (χ1n) is 12.5. The molecule has 4 aromatic rings. The molecule has 38 heavy (non-hydrogen) atoms. The Labute approximate surface area is 222 Å². The van der Waals surface area contributed by atoms with Gasteiger partial charge in [-0.15, -0.1) is 0 Å². The molecule has 0 atom stereocenters. The van der Waals surface area contributed by atoms with Gasteiger partial charge in [-0.3, -0.25) is 0 Å². The third kappa shape index (κ3) is 6.34. The van der Waals surface area contributed by atoms with Crippen LogP contribution in [0.15, 0.2) is 118 Å². The van der Waals surface area contributed by atoms with Crippen molar-refractivity contribution in [2.75, 3.05) is 50.2 Å². The summed E-state index contributed by atoms with van der Waals surface area (Å²) < 4.78 is 10.4. The number of hydrogen-bond acceptors (Lipinski definition) is 8. The van der Waals surface area contributed by atoms with Crippen molar-refractivity contribution < 1.29 is 9.47 Å². The molecule has 0 bridgehead atoms. The van der Waals surface area contributed by atoms with Gasteiger partial charge in [-0.05, 0) is 97.1 Å². The Bertz CT molecular complexity index is 1250. The van der Waals surface area contributed by atoms with E-state index in [1.165, 1.54) is 11.4 Å². The normalized spacial score (nSPS) is 13.8. The van der Waals surface area contributed by atoms with E-state index >= 15 is 0 Å². The first-order chi connectivity index (χ1) is 18.7. The van der Waals surface area contributed by atoms with Crippen molar-refractivity contribution in [2.24, 2.45) is 20.5 Å². The van der Waals surface area contributed by atoms with Gasteiger partial charge in [-0.1, -0.05) is 0 Å². The molecule has 8 heteroatoms. The van der Waals surface area contributed by atoms with Gasteiger partial charge < -0.3 is 19.3 Å². The van der Waals surface area contributed by atoms with E-state index in [4.69, 9.17) is 9.47 Å². The lowest BCUT2D eigenvalue weighted by Crippen LogP contribution is -2.46. The fourth-order valence-electron chi connectivity index (χ4n) is 4.21. The highest BCUT2D eigenvalue weighted by Gasteiger charge is 2.17. The zero-order valence-electron chi connectivity index (χ0n) is 21.6. The molecule has 0 unspecified atom stereocenters. The number of piperazine rings is 1. The Morgan fingerprint density at radius 2 is 0.684 bits per heavy atom. The van der Waals surface area contributed by atoms with Crippen LogP contribution in [0.2, 0.25) is 0 Å². The van der Waals surface area contributed by atoms with Crippen LogP contribution in [0.4, 0.5) is 34.1 Å². The average Bonchev–Trinajstić information content (AvgIpc) is 3.00. The van der Waals surface area contributed by atoms with Crippen LogP contribution in [-0.4, -0.2) is 40.4 Å². The summed E-state index contributed by atoms with van der Waals surface area (Å²) in [6.45, 7) is 3.80. The first-order valence-corrected chi connectivity index (χ1v) is 12.5. The van der Waals surface area contributed by atoms with E-state index < -0.39 is 0 Å². The maximum Gasteiger partial charge on any atom is 0.119 e. The van der Waals surface area contributed by atoms with Crippen molar-refractivity contribution in [1.29, 1.82) is 0 Å². The quantitative estimate of drug-likeness (QED) is 0.228. The molecular weight excluding hydrogens is 476 g/mol. The molecule has 0 radical (unpaired) electrons. The van der Waals surface area contributed by atoms with Gasteiger partial charge in [-0.25, -0.2) is 0 Å². The zero-order valence-corrected chi connectivity index (χ0v) is 21.6. The second-order valence-electron chi connectivity index (χ2n) is 8.80. The molecule has 1 aliphatic rings. The van der Waals surface area contributed by atoms with E-state index in [2.05, 4.69) is 54.5 Å². The summed E-state index contributed by atoms with van der Waals surface area (Å²) in [7, 11) is 3.30. The molecule has 0 saturated carbocycles. The number of rotatable bonds is 8. The maximum atomic E-state index is 5.18. The lowest BCUT2D eigenvalue weighted by Gasteiger charge is -2.37. The van der Waals surface area contributed by atoms with Gasteiger partial charge in [0.15, 0.2) is 0 Å². The lowest BCUT2D eigenvalue weighted by molar-refractivity contribution is 0.414. The largest absolute Gasteiger partial charge is 0.497 e. The molecule has 1 aliphatic heterocycles. The number of benzene rings is 4. The van der Waals surface area contributed by atoms with Crippen molar-refractivity contribution in [3.63, 3.8) is 0 Å².